The van der Waals surface area contributed by atoms with Crippen LogP contribution in [0.2, 0.25) is 0 Å². The van der Waals surface area contributed by atoms with Crippen LogP contribution in [0.5, 0.6) is 11.8 Å². The van der Waals surface area contributed by atoms with Crippen molar-refractivity contribution in [3.05, 3.63) is 75.7 Å². The predicted octanol–water partition coefficient (Wildman–Crippen LogP) is 6.24. The van der Waals surface area contributed by atoms with Crippen LogP contribution >= 0.6 is 0 Å². The first kappa shape index (κ1) is 38.9. The molecule has 12 nitrogen and oxygen atoms in total. The summed E-state index contributed by atoms with van der Waals surface area (Å²) >= 11 is 0. The highest BCUT2D eigenvalue weighted by atomic mass is 32.2. The van der Waals surface area contributed by atoms with Crippen LogP contribution in [-0.2, 0) is 27.5 Å². The van der Waals surface area contributed by atoms with E-state index in [-0.39, 0.29) is 35.4 Å². The van der Waals surface area contributed by atoms with E-state index in [0.29, 0.717) is 79.7 Å². The number of hydrogen-bond donors (Lipinski definition) is 1. The van der Waals surface area contributed by atoms with Gasteiger partial charge in [-0.25, -0.2) is 12.8 Å². The molecule has 1 N–H and O–H groups in total. The van der Waals surface area contributed by atoms with Crippen LogP contribution in [0.4, 0.5) is 17.6 Å². The Morgan fingerprint density at radius 3 is 2.44 bits per heavy atom. The van der Waals surface area contributed by atoms with Gasteiger partial charge in [0.25, 0.3) is 0 Å². The van der Waals surface area contributed by atoms with Crippen molar-refractivity contribution in [3.63, 3.8) is 0 Å². The zero-order valence-corrected chi connectivity index (χ0v) is 32.1. The summed E-state index contributed by atoms with van der Waals surface area (Å²) in [5.41, 5.74) is 0.907. The van der Waals surface area contributed by atoms with E-state index >= 15 is 0 Å². The number of carboxylic acid groups (broad SMARTS) is 1. The molecule has 2 aliphatic heterocycles. The lowest BCUT2D eigenvalue weighted by molar-refractivity contribution is -0.147. The van der Waals surface area contributed by atoms with Crippen molar-refractivity contribution in [2.45, 2.75) is 95.6 Å². The number of aliphatic carboxylic acids is 1. The second-order valence-corrected chi connectivity index (χ2v) is 17.5. The molecule has 296 valence electrons. The molecule has 1 aromatic carbocycles. The topological polar surface area (TPSA) is 139 Å². The van der Waals surface area contributed by atoms with Crippen molar-refractivity contribution >= 4 is 21.6 Å². The third-order valence-corrected chi connectivity index (χ3v) is 13.0. The van der Waals surface area contributed by atoms with Crippen LogP contribution in [-0.4, -0.2) is 92.8 Å². The summed E-state index contributed by atoms with van der Waals surface area (Å²) in [6.45, 7) is 10.4. The van der Waals surface area contributed by atoms with Crippen molar-refractivity contribution < 1.29 is 45.4 Å². The Balaban J connectivity index is 1.21. The fourth-order valence-electron chi connectivity index (χ4n) is 7.62. The quantitative estimate of drug-likeness (QED) is 0.184. The SMILES string of the molecule is Cc1ccc([C@H](c2ccn3c(C(F)(F)F)nnc3c2C)C(C)(C)C(=O)O)cc1CN1CC2(CC2)Oc2nc(OCCN3CCC(F)CC3)c(C)cc2S1(=O)=O. The normalized spacial score (nSPS) is 19.5. The Bertz CT molecular complexity index is 2250. The monoisotopic (exact) mass is 788 g/mol. The van der Waals surface area contributed by atoms with Crippen molar-refractivity contribution in [3.8, 4) is 11.8 Å². The Labute approximate surface area is 316 Å². The molecule has 0 radical (unpaired) electrons. The molecular formula is C38H44F4N6O6S. The number of aromatic nitrogens is 4. The maximum Gasteiger partial charge on any atom is 0.452 e. The van der Waals surface area contributed by atoms with Gasteiger partial charge >= 0.3 is 12.1 Å². The highest BCUT2D eigenvalue weighted by molar-refractivity contribution is 7.89. The zero-order valence-electron chi connectivity index (χ0n) is 31.3. The molecule has 17 heteroatoms. The number of halogens is 4. The molecule has 3 aromatic heterocycles. The first-order valence-corrected chi connectivity index (χ1v) is 19.7. The van der Waals surface area contributed by atoms with Gasteiger partial charge in [0.1, 0.15) is 23.3 Å². The van der Waals surface area contributed by atoms with Crippen LogP contribution in [0.3, 0.4) is 0 Å². The molecule has 7 rings (SSSR count). The Morgan fingerprint density at radius 2 is 1.78 bits per heavy atom. The molecule has 55 heavy (non-hydrogen) atoms. The molecule has 3 aliphatic rings. The van der Waals surface area contributed by atoms with Crippen LogP contribution in [0, 0.1) is 26.2 Å². The number of aryl methyl sites for hydroxylation is 3. The first-order valence-electron chi connectivity index (χ1n) is 18.2. The Hall–Kier alpha value is -4.35. The van der Waals surface area contributed by atoms with Crippen molar-refractivity contribution in [2.75, 3.05) is 32.8 Å². The number of likely N-dealkylation sites (tertiary alicyclic amines) is 1. The Morgan fingerprint density at radius 1 is 1.07 bits per heavy atom. The number of carbonyl (C=O) groups is 1. The van der Waals surface area contributed by atoms with E-state index in [1.807, 2.05) is 6.92 Å². The maximum absolute atomic E-state index is 14.5. The standard InChI is InChI=1S/C38H44F4N6O6S/c1-22-6-7-25(30(36(4,5)35(49)50)28-10-15-48-31(24(28)3)44-45-34(48)38(40,41)42)19-26(22)20-47-21-37(11-12-37)54-33-29(55(47,51)52)18-23(2)32(43-33)53-17-16-46-13-8-27(39)9-14-46/h6-7,10,15,18-19,27,30H,8-9,11-14,16-17,20-21H2,1-5H3,(H,49,50)/t30-/m1/s1. The molecule has 1 atom stereocenters. The number of nitrogens with zero attached hydrogens (tertiary/aromatic N) is 6. The van der Waals surface area contributed by atoms with Gasteiger partial charge in [0.15, 0.2) is 5.65 Å². The number of fused-ring (bicyclic) bond motifs is 2. The number of benzene rings is 1. The van der Waals surface area contributed by atoms with Crippen molar-refractivity contribution in [2.24, 2.45) is 5.41 Å². The number of sulfonamides is 1. The van der Waals surface area contributed by atoms with Gasteiger partial charge in [-0.3, -0.25) is 14.1 Å². The second kappa shape index (κ2) is 14.0. The number of hydrogen-bond acceptors (Lipinski definition) is 9. The second-order valence-electron chi connectivity index (χ2n) is 15.6. The minimum absolute atomic E-state index is 0.0272. The van der Waals surface area contributed by atoms with E-state index in [2.05, 4.69) is 20.1 Å². The van der Waals surface area contributed by atoms with Gasteiger partial charge in [-0.05, 0) is 100 Å². The van der Waals surface area contributed by atoms with Crippen LogP contribution < -0.4 is 9.47 Å². The van der Waals surface area contributed by atoms with Crippen LogP contribution in [0.25, 0.3) is 5.65 Å². The largest absolute Gasteiger partial charge is 0.481 e. The molecule has 0 unspecified atom stereocenters. The van der Waals surface area contributed by atoms with E-state index < -0.39 is 51.1 Å². The van der Waals surface area contributed by atoms with Crippen LogP contribution in [0.1, 0.15) is 84.7 Å². The molecule has 1 aliphatic carbocycles. The molecule has 2 fully saturated rings. The number of carboxylic acids is 1. The lowest BCUT2D eigenvalue weighted by atomic mass is 9.70. The zero-order chi connectivity index (χ0) is 39.7. The van der Waals surface area contributed by atoms with Gasteiger partial charge < -0.3 is 14.6 Å². The first-order chi connectivity index (χ1) is 25.8. The highest BCUT2D eigenvalue weighted by Gasteiger charge is 2.53. The average Bonchev–Trinajstić information content (AvgIpc) is 3.72. The summed E-state index contributed by atoms with van der Waals surface area (Å²) in [5, 5.41) is 17.6. The number of pyridine rings is 2. The van der Waals surface area contributed by atoms with Crippen molar-refractivity contribution in [1.82, 2.24) is 28.8 Å². The molecule has 4 aromatic rings. The smallest absolute Gasteiger partial charge is 0.452 e. The third kappa shape index (κ3) is 7.37. The number of alkyl halides is 4. The van der Waals surface area contributed by atoms with Crippen LogP contribution in [0.15, 0.2) is 41.4 Å². The molecule has 1 spiro atoms. The molecular weight excluding hydrogens is 745 g/mol. The van der Waals surface area contributed by atoms with E-state index in [1.54, 1.807) is 45.9 Å². The number of rotatable bonds is 10. The molecule has 0 bridgehead atoms. The molecule has 1 saturated carbocycles. The molecule has 0 amide bonds. The predicted molar refractivity (Wildman–Crippen MR) is 192 cm³/mol. The summed E-state index contributed by atoms with van der Waals surface area (Å²) in [7, 11) is -4.17. The lowest BCUT2D eigenvalue weighted by Crippen LogP contribution is -2.38. The highest BCUT2D eigenvalue weighted by Crippen LogP contribution is 2.48. The lowest BCUT2D eigenvalue weighted by Gasteiger charge is -2.33. The summed E-state index contributed by atoms with van der Waals surface area (Å²) in [4.78, 5) is 19.4. The maximum atomic E-state index is 14.5. The third-order valence-electron chi connectivity index (χ3n) is 11.2. The number of piperidine rings is 1. The van der Waals surface area contributed by atoms with Gasteiger partial charge in [0, 0.05) is 43.9 Å². The van der Waals surface area contributed by atoms with Gasteiger partial charge in [0.05, 0.1) is 12.0 Å². The average molecular weight is 789 g/mol. The van der Waals surface area contributed by atoms with Gasteiger partial charge in [0.2, 0.25) is 27.6 Å². The summed E-state index contributed by atoms with van der Waals surface area (Å²) in [5.74, 6) is -2.96. The minimum Gasteiger partial charge on any atom is -0.481 e. The number of ether oxygens (including phenoxy) is 2. The fraction of sp³-hybridized carbons (Fsp3) is 0.526. The molecule has 1 saturated heterocycles. The fourth-order valence-corrected chi connectivity index (χ4v) is 9.25. The van der Waals surface area contributed by atoms with Gasteiger partial charge in [-0.1, -0.05) is 18.2 Å². The minimum atomic E-state index is -4.75. The molecule has 5 heterocycles. The summed E-state index contributed by atoms with van der Waals surface area (Å²) in [6, 6.07) is 8.30. The van der Waals surface area contributed by atoms with E-state index in [1.165, 1.54) is 22.6 Å². The Kier molecular flexibility index (Phi) is 9.90. The van der Waals surface area contributed by atoms with Gasteiger partial charge in [-0.2, -0.15) is 22.5 Å². The van der Waals surface area contributed by atoms with E-state index in [0.717, 1.165) is 9.96 Å². The summed E-state index contributed by atoms with van der Waals surface area (Å²) in [6.07, 6.45) is -2.13. The van der Waals surface area contributed by atoms with Gasteiger partial charge in [-0.15, -0.1) is 10.2 Å². The van der Waals surface area contributed by atoms with E-state index in [9.17, 15) is 35.9 Å². The van der Waals surface area contributed by atoms with Crippen molar-refractivity contribution in [1.29, 1.82) is 0 Å². The van der Waals surface area contributed by atoms with E-state index in [4.69, 9.17) is 9.47 Å². The summed E-state index contributed by atoms with van der Waals surface area (Å²) < 4.78 is 98.0.